The number of aromatic nitrogens is 4. The van der Waals surface area contributed by atoms with E-state index in [-0.39, 0.29) is 11.1 Å². The van der Waals surface area contributed by atoms with Crippen molar-refractivity contribution in [3.8, 4) is 0 Å². The van der Waals surface area contributed by atoms with Crippen LogP contribution in [0.4, 0.5) is 22.1 Å². The number of benzene rings is 1. The van der Waals surface area contributed by atoms with Crippen molar-refractivity contribution in [3.63, 3.8) is 0 Å². The Morgan fingerprint density at radius 3 is 2.53 bits per heavy atom. The minimum atomic E-state index is -3.63. The summed E-state index contributed by atoms with van der Waals surface area (Å²) >= 11 is 0. The summed E-state index contributed by atoms with van der Waals surface area (Å²) < 4.78 is 30.8. The number of nitrogens with one attached hydrogen (secondary N) is 2. The maximum Gasteiger partial charge on any atom is 0.412 e. The molecule has 10 nitrogen and oxygen atoms in total. The molecule has 1 aromatic carbocycles. The highest BCUT2D eigenvalue weighted by atomic mass is 32.2. The van der Waals surface area contributed by atoms with Crippen LogP contribution in [-0.2, 0) is 21.0 Å². The summed E-state index contributed by atoms with van der Waals surface area (Å²) in [6, 6.07) is 6.85. The fourth-order valence-electron chi connectivity index (χ4n) is 2.62. The SMILES string of the molecule is CCc1cnn2c(Nc3cccc(NC(=O)OC(C)(C)C)c3)nc(S(C)(=O)=O)nc12. The van der Waals surface area contributed by atoms with Gasteiger partial charge in [-0.05, 0) is 45.4 Å². The van der Waals surface area contributed by atoms with Crippen LogP contribution in [0.15, 0.2) is 35.6 Å². The van der Waals surface area contributed by atoms with Gasteiger partial charge in [0.1, 0.15) is 5.60 Å². The zero-order chi connectivity index (χ0) is 22.1. The van der Waals surface area contributed by atoms with Gasteiger partial charge in [-0.2, -0.15) is 19.6 Å². The molecular weight excluding hydrogens is 408 g/mol. The number of amides is 1. The summed E-state index contributed by atoms with van der Waals surface area (Å²) in [5.74, 6) is 0.189. The molecule has 0 unspecified atom stereocenters. The van der Waals surface area contributed by atoms with Gasteiger partial charge in [0, 0.05) is 23.2 Å². The van der Waals surface area contributed by atoms with Crippen molar-refractivity contribution in [2.75, 3.05) is 16.9 Å². The zero-order valence-electron chi connectivity index (χ0n) is 17.4. The molecule has 0 saturated carbocycles. The minimum Gasteiger partial charge on any atom is -0.444 e. The Morgan fingerprint density at radius 1 is 1.20 bits per heavy atom. The Balaban J connectivity index is 1.95. The average Bonchev–Trinajstić information content (AvgIpc) is 3.03. The molecule has 0 saturated heterocycles. The van der Waals surface area contributed by atoms with Crippen LogP contribution >= 0.6 is 0 Å². The van der Waals surface area contributed by atoms with Crippen LogP contribution in [0.5, 0.6) is 0 Å². The lowest BCUT2D eigenvalue weighted by atomic mass is 10.2. The predicted octanol–water partition coefficient (Wildman–Crippen LogP) is 3.18. The molecule has 30 heavy (non-hydrogen) atoms. The fourth-order valence-corrected chi connectivity index (χ4v) is 3.13. The number of ether oxygens (including phenoxy) is 1. The van der Waals surface area contributed by atoms with Gasteiger partial charge in [-0.3, -0.25) is 5.32 Å². The van der Waals surface area contributed by atoms with Crippen LogP contribution in [0.25, 0.3) is 5.65 Å². The summed E-state index contributed by atoms with van der Waals surface area (Å²) in [4.78, 5) is 20.3. The van der Waals surface area contributed by atoms with E-state index in [9.17, 15) is 13.2 Å². The first-order chi connectivity index (χ1) is 14.0. The first-order valence-corrected chi connectivity index (χ1v) is 11.2. The highest BCUT2D eigenvalue weighted by Gasteiger charge is 2.19. The van der Waals surface area contributed by atoms with Gasteiger partial charge in [0.25, 0.3) is 5.16 Å². The summed E-state index contributed by atoms with van der Waals surface area (Å²) in [5, 5.41) is 9.68. The van der Waals surface area contributed by atoms with Crippen LogP contribution in [0.1, 0.15) is 33.3 Å². The van der Waals surface area contributed by atoms with Gasteiger partial charge in [-0.1, -0.05) is 13.0 Å². The van der Waals surface area contributed by atoms with E-state index in [1.54, 1.807) is 51.2 Å². The molecule has 0 atom stereocenters. The minimum absolute atomic E-state index is 0.189. The number of carbonyl (C=O) groups is 1. The molecular formula is C19H24N6O4S. The van der Waals surface area contributed by atoms with Gasteiger partial charge >= 0.3 is 6.09 Å². The van der Waals surface area contributed by atoms with E-state index in [0.29, 0.717) is 23.4 Å². The molecule has 0 spiro atoms. The van der Waals surface area contributed by atoms with Crippen LogP contribution in [0, 0.1) is 0 Å². The van der Waals surface area contributed by atoms with Crippen LogP contribution < -0.4 is 10.6 Å². The third kappa shape index (κ3) is 5.03. The van der Waals surface area contributed by atoms with Crippen molar-refractivity contribution in [2.45, 2.75) is 44.9 Å². The maximum absolute atomic E-state index is 12.0. The average molecular weight is 433 g/mol. The van der Waals surface area contributed by atoms with Crippen molar-refractivity contribution in [3.05, 3.63) is 36.0 Å². The van der Waals surface area contributed by atoms with Crippen molar-refractivity contribution < 1.29 is 17.9 Å². The number of hydrogen-bond acceptors (Lipinski definition) is 8. The van der Waals surface area contributed by atoms with Crippen molar-refractivity contribution in [2.24, 2.45) is 0 Å². The van der Waals surface area contributed by atoms with E-state index in [0.717, 1.165) is 11.8 Å². The standard InChI is InChI=1S/C19H24N6O4S/c1-6-12-11-20-25-15(12)23-17(30(5,27)28)24-16(25)21-13-8-7-9-14(10-13)22-18(26)29-19(2,3)4/h7-11H,6H2,1-5H3,(H,22,26)(H,21,23,24). The second-order valence-electron chi connectivity index (χ2n) is 7.69. The second-order valence-corrected chi connectivity index (χ2v) is 9.60. The summed E-state index contributed by atoms with van der Waals surface area (Å²) in [6.07, 6.45) is 2.74. The largest absolute Gasteiger partial charge is 0.444 e. The molecule has 0 radical (unpaired) electrons. The van der Waals surface area contributed by atoms with Crippen molar-refractivity contribution >= 4 is 38.9 Å². The fraction of sp³-hybridized carbons (Fsp3) is 0.368. The van der Waals surface area contributed by atoms with E-state index in [4.69, 9.17) is 4.74 Å². The Hall–Kier alpha value is -3.21. The van der Waals surface area contributed by atoms with E-state index >= 15 is 0 Å². The van der Waals surface area contributed by atoms with Gasteiger partial charge in [0.15, 0.2) is 5.65 Å². The Morgan fingerprint density at radius 2 is 1.90 bits per heavy atom. The molecule has 3 rings (SSSR count). The van der Waals surface area contributed by atoms with Crippen molar-refractivity contribution in [1.82, 2.24) is 19.6 Å². The van der Waals surface area contributed by atoms with E-state index in [2.05, 4.69) is 25.7 Å². The number of rotatable bonds is 5. The molecule has 2 heterocycles. The van der Waals surface area contributed by atoms with Crippen LogP contribution in [0.2, 0.25) is 0 Å². The third-order valence-corrected chi connectivity index (χ3v) is 4.74. The van der Waals surface area contributed by atoms with E-state index in [1.807, 2.05) is 6.92 Å². The lowest BCUT2D eigenvalue weighted by Gasteiger charge is -2.19. The van der Waals surface area contributed by atoms with Crippen LogP contribution in [-0.4, -0.2) is 45.9 Å². The molecule has 2 N–H and O–H groups in total. The number of anilines is 3. The second kappa shape index (κ2) is 7.90. The molecule has 0 aliphatic heterocycles. The number of fused-ring (bicyclic) bond motifs is 1. The molecule has 3 aromatic rings. The molecule has 0 aliphatic rings. The predicted molar refractivity (Wildman–Crippen MR) is 113 cm³/mol. The van der Waals surface area contributed by atoms with E-state index < -0.39 is 21.5 Å². The number of nitrogens with zero attached hydrogens (tertiary/aromatic N) is 4. The van der Waals surface area contributed by atoms with Gasteiger partial charge in [-0.25, -0.2) is 13.2 Å². The molecule has 1 amide bonds. The lowest BCUT2D eigenvalue weighted by molar-refractivity contribution is 0.0636. The summed E-state index contributed by atoms with van der Waals surface area (Å²) in [5.41, 5.74) is 1.66. The lowest BCUT2D eigenvalue weighted by Crippen LogP contribution is -2.27. The summed E-state index contributed by atoms with van der Waals surface area (Å²) in [6.45, 7) is 7.26. The zero-order valence-corrected chi connectivity index (χ0v) is 18.2. The highest BCUT2D eigenvalue weighted by molar-refractivity contribution is 7.90. The first-order valence-electron chi connectivity index (χ1n) is 9.28. The van der Waals surface area contributed by atoms with Gasteiger partial charge < -0.3 is 10.1 Å². The normalized spacial score (nSPS) is 12.0. The van der Waals surface area contributed by atoms with Gasteiger partial charge in [0.2, 0.25) is 15.8 Å². The molecule has 0 fully saturated rings. The summed E-state index contributed by atoms with van der Waals surface area (Å²) in [7, 11) is -3.63. The number of aryl methyl sites for hydroxylation is 1. The molecule has 2 aromatic heterocycles. The van der Waals surface area contributed by atoms with Crippen molar-refractivity contribution in [1.29, 1.82) is 0 Å². The molecule has 11 heteroatoms. The monoisotopic (exact) mass is 432 g/mol. The topological polar surface area (TPSA) is 128 Å². The molecule has 160 valence electrons. The Kier molecular flexibility index (Phi) is 5.66. The number of sulfone groups is 1. The maximum atomic E-state index is 12.0. The van der Waals surface area contributed by atoms with Crippen LogP contribution in [0.3, 0.4) is 0 Å². The first kappa shape index (κ1) is 21.5. The Bertz CT molecular complexity index is 1200. The Labute approximate surface area is 174 Å². The third-order valence-electron chi connectivity index (χ3n) is 3.90. The smallest absolute Gasteiger partial charge is 0.412 e. The quantitative estimate of drug-likeness (QED) is 0.629. The van der Waals surface area contributed by atoms with Gasteiger partial charge in [-0.15, -0.1) is 0 Å². The number of hydrogen-bond donors (Lipinski definition) is 2. The molecule has 0 aliphatic carbocycles. The van der Waals surface area contributed by atoms with E-state index in [1.165, 1.54) is 4.52 Å². The van der Waals surface area contributed by atoms with Gasteiger partial charge in [0.05, 0.1) is 6.20 Å². The number of carbonyl (C=O) groups excluding carboxylic acids is 1. The highest BCUT2D eigenvalue weighted by Crippen LogP contribution is 2.22. The molecule has 0 bridgehead atoms.